The molecule has 0 atom stereocenters. The molecule has 0 aliphatic heterocycles. The summed E-state index contributed by atoms with van der Waals surface area (Å²) in [4.78, 5) is 30.9. The summed E-state index contributed by atoms with van der Waals surface area (Å²) in [5, 5.41) is 3.15. The van der Waals surface area contributed by atoms with Gasteiger partial charge in [0.15, 0.2) is 11.6 Å². The quantitative estimate of drug-likeness (QED) is 0.263. The lowest BCUT2D eigenvalue weighted by molar-refractivity contribution is 0.102. The lowest BCUT2D eigenvalue weighted by Gasteiger charge is -2.15. The van der Waals surface area contributed by atoms with Crippen molar-refractivity contribution in [3.8, 4) is 11.5 Å². The molecule has 0 aliphatic rings. The Morgan fingerprint density at radius 3 is 2.54 bits per heavy atom. The van der Waals surface area contributed by atoms with E-state index in [1.54, 1.807) is 31.3 Å². The van der Waals surface area contributed by atoms with Crippen LogP contribution in [-0.2, 0) is 19.9 Å². The molecule has 0 saturated carbocycles. The Morgan fingerprint density at radius 2 is 1.79 bits per heavy atom. The zero-order chi connectivity index (χ0) is 27.5. The van der Waals surface area contributed by atoms with Crippen molar-refractivity contribution in [2.75, 3.05) is 5.32 Å². The van der Waals surface area contributed by atoms with Crippen LogP contribution in [0.5, 0.6) is 11.5 Å². The first kappa shape index (κ1) is 25.9. The number of nitrogens with one attached hydrogen (secondary N) is 1. The fourth-order valence-corrected chi connectivity index (χ4v) is 4.60. The van der Waals surface area contributed by atoms with Crippen molar-refractivity contribution in [1.29, 1.82) is 0 Å². The maximum absolute atomic E-state index is 15.0. The Balaban J connectivity index is 1.36. The summed E-state index contributed by atoms with van der Waals surface area (Å²) in [5.74, 6) is -0.780. The molecule has 0 spiro atoms. The van der Waals surface area contributed by atoms with Gasteiger partial charge in [0.25, 0.3) is 5.91 Å². The molecule has 5 aromatic rings. The van der Waals surface area contributed by atoms with E-state index < -0.39 is 11.7 Å². The van der Waals surface area contributed by atoms with E-state index in [2.05, 4.69) is 10.3 Å². The van der Waals surface area contributed by atoms with Gasteiger partial charge in [-0.15, -0.1) is 0 Å². The number of hydrogen-bond donors (Lipinski definition) is 1. The van der Waals surface area contributed by atoms with Gasteiger partial charge in [-0.25, -0.2) is 4.39 Å². The van der Waals surface area contributed by atoms with E-state index >= 15 is 0 Å². The van der Waals surface area contributed by atoms with Crippen LogP contribution in [0, 0.1) is 12.7 Å². The minimum Gasteiger partial charge on any atom is -0.454 e. The predicted octanol–water partition coefficient (Wildman–Crippen LogP) is 6.58. The molecule has 0 fully saturated rings. The summed E-state index contributed by atoms with van der Waals surface area (Å²) in [6.45, 7) is 3.73. The van der Waals surface area contributed by atoms with Crippen molar-refractivity contribution in [3.63, 3.8) is 0 Å². The molecule has 0 bridgehead atoms. The molecule has 2 heterocycles. The van der Waals surface area contributed by atoms with Crippen LogP contribution in [0.15, 0.2) is 89.9 Å². The molecule has 196 valence electrons. The zero-order valence-corrected chi connectivity index (χ0v) is 22.0. The molecule has 0 unspecified atom stereocenters. The molecule has 39 heavy (non-hydrogen) atoms. The second-order valence-electron chi connectivity index (χ2n) is 9.40. The van der Waals surface area contributed by atoms with Crippen LogP contribution in [0.2, 0.25) is 0 Å². The fourth-order valence-electron chi connectivity index (χ4n) is 4.60. The highest BCUT2D eigenvalue weighted by molar-refractivity contribution is 6.06. The number of ether oxygens (including phenoxy) is 1. The Hall–Kier alpha value is -4.78. The van der Waals surface area contributed by atoms with E-state index in [-0.39, 0.29) is 22.4 Å². The number of hydrogen-bond acceptors (Lipinski definition) is 4. The highest BCUT2D eigenvalue weighted by Crippen LogP contribution is 2.28. The number of aryl methyl sites for hydroxylation is 2. The number of benzene rings is 3. The van der Waals surface area contributed by atoms with Gasteiger partial charge in [-0.3, -0.25) is 14.6 Å². The summed E-state index contributed by atoms with van der Waals surface area (Å²) in [6.07, 6.45) is 3.02. The third-order valence-electron chi connectivity index (χ3n) is 6.83. The van der Waals surface area contributed by atoms with Gasteiger partial charge in [0, 0.05) is 54.3 Å². The van der Waals surface area contributed by atoms with Gasteiger partial charge in [0.2, 0.25) is 5.43 Å². The monoisotopic (exact) mass is 521 g/mol. The number of carbonyl (C=O) groups is 1. The average Bonchev–Trinajstić information content (AvgIpc) is 2.94. The lowest BCUT2D eigenvalue weighted by atomic mass is 10.0. The van der Waals surface area contributed by atoms with Crippen molar-refractivity contribution < 1.29 is 13.9 Å². The van der Waals surface area contributed by atoms with Crippen LogP contribution >= 0.6 is 0 Å². The van der Waals surface area contributed by atoms with Gasteiger partial charge in [-0.2, -0.15) is 0 Å². The maximum atomic E-state index is 15.0. The standard InChI is InChI=1S/C32H28FN3O3/c1-4-21-10-12-28-26(17-21)31(37)30(20(2)36(28)3)32(38)35-23-11-13-29(27(33)19-23)39-25-14-15-34-24(18-25)16-22-8-6-5-7-9-22/h5-15,17-19H,4,16H2,1-3H3,(H,35,38). The fraction of sp³-hybridized carbons (Fsp3) is 0.156. The Labute approximate surface area is 225 Å². The maximum Gasteiger partial charge on any atom is 0.261 e. The minimum atomic E-state index is -0.648. The minimum absolute atomic E-state index is 0.00903. The van der Waals surface area contributed by atoms with Crippen molar-refractivity contribution >= 4 is 22.5 Å². The molecule has 0 saturated heterocycles. The normalized spacial score (nSPS) is 11.0. The molecule has 3 aromatic carbocycles. The van der Waals surface area contributed by atoms with Crippen molar-refractivity contribution in [3.05, 3.63) is 129 Å². The first-order valence-electron chi connectivity index (χ1n) is 12.7. The number of pyridine rings is 2. The summed E-state index contributed by atoms with van der Waals surface area (Å²) < 4.78 is 22.6. The molecular formula is C32H28FN3O3. The molecule has 5 rings (SSSR count). The van der Waals surface area contributed by atoms with Crippen molar-refractivity contribution in [2.24, 2.45) is 7.05 Å². The van der Waals surface area contributed by atoms with Gasteiger partial charge in [0.1, 0.15) is 11.3 Å². The highest BCUT2D eigenvalue weighted by Gasteiger charge is 2.20. The van der Waals surface area contributed by atoms with E-state index in [1.165, 1.54) is 12.1 Å². The third-order valence-corrected chi connectivity index (χ3v) is 6.83. The van der Waals surface area contributed by atoms with Crippen LogP contribution < -0.4 is 15.5 Å². The van der Waals surface area contributed by atoms with E-state index in [4.69, 9.17) is 4.74 Å². The number of amides is 1. The van der Waals surface area contributed by atoms with Crippen molar-refractivity contribution in [1.82, 2.24) is 9.55 Å². The molecule has 1 N–H and O–H groups in total. The van der Waals surface area contributed by atoms with E-state index in [9.17, 15) is 14.0 Å². The smallest absolute Gasteiger partial charge is 0.261 e. The van der Waals surface area contributed by atoms with Gasteiger partial charge < -0.3 is 14.6 Å². The molecular weight excluding hydrogens is 493 g/mol. The molecule has 6 nitrogen and oxygen atoms in total. The number of carbonyl (C=O) groups excluding carboxylic acids is 1. The van der Waals surface area contributed by atoms with E-state index in [1.807, 2.05) is 67.1 Å². The van der Waals surface area contributed by atoms with Crippen LogP contribution in [0.3, 0.4) is 0 Å². The lowest BCUT2D eigenvalue weighted by Crippen LogP contribution is -2.26. The second-order valence-corrected chi connectivity index (χ2v) is 9.40. The topological polar surface area (TPSA) is 73.2 Å². The van der Waals surface area contributed by atoms with Crippen molar-refractivity contribution in [2.45, 2.75) is 26.7 Å². The summed E-state index contributed by atoms with van der Waals surface area (Å²) in [5.41, 5.74) is 4.08. The van der Waals surface area contributed by atoms with Crippen LogP contribution in [0.1, 0.15) is 39.8 Å². The van der Waals surface area contributed by atoms with Gasteiger partial charge >= 0.3 is 0 Å². The molecule has 0 aliphatic carbocycles. The molecule has 0 radical (unpaired) electrons. The van der Waals surface area contributed by atoms with Crippen LogP contribution in [0.25, 0.3) is 10.9 Å². The predicted molar refractivity (Wildman–Crippen MR) is 151 cm³/mol. The Morgan fingerprint density at radius 1 is 1.00 bits per heavy atom. The number of halogens is 1. The van der Waals surface area contributed by atoms with Gasteiger partial charge in [0.05, 0.1) is 5.52 Å². The number of aromatic nitrogens is 2. The summed E-state index contributed by atoms with van der Waals surface area (Å²) in [7, 11) is 1.82. The summed E-state index contributed by atoms with van der Waals surface area (Å²) in [6, 6.07) is 23.2. The number of rotatable bonds is 7. The number of nitrogens with zero attached hydrogens (tertiary/aromatic N) is 2. The largest absolute Gasteiger partial charge is 0.454 e. The summed E-state index contributed by atoms with van der Waals surface area (Å²) >= 11 is 0. The van der Waals surface area contributed by atoms with Gasteiger partial charge in [-0.1, -0.05) is 43.3 Å². The molecule has 1 amide bonds. The molecule has 7 heteroatoms. The average molecular weight is 522 g/mol. The highest BCUT2D eigenvalue weighted by atomic mass is 19.1. The molecule has 2 aromatic heterocycles. The first-order chi connectivity index (χ1) is 18.8. The number of fused-ring (bicyclic) bond motifs is 1. The first-order valence-corrected chi connectivity index (χ1v) is 12.7. The van der Waals surface area contributed by atoms with Crippen LogP contribution in [-0.4, -0.2) is 15.5 Å². The second kappa shape index (κ2) is 10.9. The third kappa shape index (κ3) is 5.43. The Bertz CT molecular complexity index is 1750. The van der Waals surface area contributed by atoms with E-state index in [0.29, 0.717) is 23.3 Å². The van der Waals surface area contributed by atoms with Crippen LogP contribution in [0.4, 0.5) is 10.1 Å². The zero-order valence-electron chi connectivity index (χ0n) is 22.0. The van der Waals surface area contributed by atoms with E-state index in [0.717, 1.165) is 28.8 Å². The Kier molecular flexibility index (Phi) is 7.23. The SMILES string of the molecule is CCc1ccc2c(c1)c(=O)c(C(=O)Nc1ccc(Oc3ccnc(Cc4ccccc4)c3)c(F)c1)c(C)n2C. The van der Waals surface area contributed by atoms with Gasteiger partial charge in [-0.05, 0) is 54.8 Å². The number of anilines is 1.